The number of carbonyl (C=O) groups is 1. The van der Waals surface area contributed by atoms with Crippen LogP contribution in [0.15, 0.2) is 88.8 Å². The quantitative estimate of drug-likeness (QED) is 0.291. The lowest BCUT2D eigenvalue weighted by molar-refractivity contribution is 0.102. The molecule has 5 aromatic rings. The summed E-state index contributed by atoms with van der Waals surface area (Å²) in [5.74, 6) is 0.0692. The van der Waals surface area contributed by atoms with E-state index in [0.717, 1.165) is 22.4 Å². The van der Waals surface area contributed by atoms with Crippen LogP contribution in [0.5, 0.6) is 0 Å². The summed E-state index contributed by atoms with van der Waals surface area (Å²) < 4.78 is 5.30. The lowest BCUT2D eigenvalue weighted by Gasteiger charge is -2.05. The first-order valence-electron chi connectivity index (χ1n) is 10.2. The first-order valence-corrected chi connectivity index (χ1v) is 11.5. The summed E-state index contributed by atoms with van der Waals surface area (Å²) in [4.78, 5) is 17.7. The molecule has 33 heavy (non-hydrogen) atoms. The molecule has 0 atom stereocenters. The molecule has 162 valence electrons. The Morgan fingerprint density at radius 2 is 1.58 bits per heavy atom. The summed E-state index contributed by atoms with van der Waals surface area (Å²) in [6.45, 7) is 1.70. The molecule has 2 aromatic heterocycles. The SMILES string of the molecule is Cc1onc(-c2ccccc2Cl)c1C(=O)Nc1nc(-c2ccc(-c3ccccc3)cc2)cs1. The maximum atomic E-state index is 13.1. The van der Waals surface area contributed by atoms with Crippen molar-refractivity contribution in [3.8, 4) is 33.6 Å². The summed E-state index contributed by atoms with van der Waals surface area (Å²) in [6, 6.07) is 25.6. The number of hydrogen-bond donors (Lipinski definition) is 1. The second-order valence-corrected chi connectivity index (χ2v) is 8.64. The Hall–Kier alpha value is -3.74. The molecule has 0 bridgehead atoms. The molecule has 0 aliphatic heterocycles. The number of carbonyl (C=O) groups excluding carboxylic acids is 1. The van der Waals surface area contributed by atoms with E-state index in [1.807, 2.05) is 47.8 Å². The van der Waals surface area contributed by atoms with Gasteiger partial charge in [-0.1, -0.05) is 89.6 Å². The summed E-state index contributed by atoms with van der Waals surface area (Å²) in [5, 5.41) is 9.83. The second-order valence-electron chi connectivity index (χ2n) is 7.38. The fourth-order valence-corrected chi connectivity index (χ4v) is 4.50. The van der Waals surface area contributed by atoms with Crippen molar-refractivity contribution in [1.82, 2.24) is 10.1 Å². The van der Waals surface area contributed by atoms with E-state index < -0.39 is 0 Å². The third-order valence-electron chi connectivity index (χ3n) is 5.23. The molecule has 7 heteroatoms. The Kier molecular flexibility index (Phi) is 5.77. The molecule has 0 radical (unpaired) electrons. The van der Waals surface area contributed by atoms with Gasteiger partial charge in [-0.2, -0.15) is 0 Å². The highest BCUT2D eigenvalue weighted by molar-refractivity contribution is 7.14. The van der Waals surface area contributed by atoms with Crippen LogP contribution >= 0.6 is 22.9 Å². The molecule has 0 fully saturated rings. The third kappa shape index (κ3) is 4.31. The van der Waals surface area contributed by atoms with Crippen molar-refractivity contribution in [3.05, 3.63) is 101 Å². The minimum absolute atomic E-state index is 0.340. The maximum Gasteiger partial charge on any atom is 0.263 e. The number of rotatable bonds is 5. The summed E-state index contributed by atoms with van der Waals surface area (Å²) in [7, 11) is 0. The van der Waals surface area contributed by atoms with E-state index in [-0.39, 0.29) is 5.91 Å². The number of halogens is 1. The highest BCUT2D eigenvalue weighted by atomic mass is 35.5. The van der Waals surface area contributed by atoms with E-state index in [2.05, 4.69) is 39.7 Å². The average Bonchev–Trinajstić information content (AvgIpc) is 3.46. The van der Waals surface area contributed by atoms with Gasteiger partial charge in [-0.25, -0.2) is 4.98 Å². The summed E-state index contributed by atoms with van der Waals surface area (Å²) >= 11 is 7.66. The number of nitrogens with zero attached hydrogens (tertiary/aromatic N) is 2. The lowest BCUT2D eigenvalue weighted by atomic mass is 10.0. The van der Waals surface area contributed by atoms with E-state index in [0.29, 0.717) is 32.7 Å². The fraction of sp³-hybridized carbons (Fsp3) is 0.0385. The zero-order valence-electron chi connectivity index (χ0n) is 17.6. The highest BCUT2D eigenvalue weighted by Gasteiger charge is 2.23. The van der Waals surface area contributed by atoms with Crippen LogP contribution in [-0.4, -0.2) is 16.0 Å². The van der Waals surface area contributed by atoms with Crippen molar-refractivity contribution >= 4 is 34.0 Å². The predicted molar refractivity (Wildman–Crippen MR) is 133 cm³/mol. The van der Waals surface area contributed by atoms with Gasteiger partial charge in [0.2, 0.25) is 0 Å². The summed E-state index contributed by atoms with van der Waals surface area (Å²) in [6.07, 6.45) is 0. The number of amides is 1. The molecular formula is C26H18ClN3O2S. The number of aryl methyl sites for hydroxylation is 1. The molecule has 2 heterocycles. The van der Waals surface area contributed by atoms with Gasteiger partial charge in [-0.05, 0) is 24.1 Å². The van der Waals surface area contributed by atoms with Gasteiger partial charge in [0, 0.05) is 16.5 Å². The number of benzene rings is 3. The van der Waals surface area contributed by atoms with Gasteiger partial charge in [-0.15, -0.1) is 11.3 Å². The Bertz CT molecular complexity index is 1430. The normalized spacial score (nSPS) is 10.8. The molecule has 0 aliphatic carbocycles. The molecule has 5 nitrogen and oxygen atoms in total. The van der Waals surface area contributed by atoms with Gasteiger partial charge in [0.25, 0.3) is 5.91 Å². The molecule has 0 saturated heterocycles. The Morgan fingerprint density at radius 1 is 0.909 bits per heavy atom. The van der Waals surface area contributed by atoms with Crippen LogP contribution in [0.2, 0.25) is 5.02 Å². The van der Waals surface area contributed by atoms with Crippen LogP contribution in [-0.2, 0) is 0 Å². The van der Waals surface area contributed by atoms with Gasteiger partial charge in [-0.3, -0.25) is 10.1 Å². The number of thiazole rings is 1. The van der Waals surface area contributed by atoms with Crippen molar-refractivity contribution in [1.29, 1.82) is 0 Å². The zero-order chi connectivity index (χ0) is 22.8. The summed E-state index contributed by atoms with van der Waals surface area (Å²) in [5.41, 5.74) is 5.45. The molecule has 1 N–H and O–H groups in total. The van der Waals surface area contributed by atoms with Gasteiger partial charge in [0.15, 0.2) is 5.13 Å². The van der Waals surface area contributed by atoms with Crippen LogP contribution in [0.4, 0.5) is 5.13 Å². The number of anilines is 1. The smallest absolute Gasteiger partial charge is 0.263 e. The average molecular weight is 472 g/mol. The highest BCUT2D eigenvalue weighted by Crippen LogP contribution is 2.32. The van der Waals surface area contributed by atoms with Crippen LogP contribution in [0.25, 0.3) is 33.6 Å². The number of nitrogens with one attached hydrogen (secondary N) is 1. The van der Waals surface area contributed by atoms with Crippen molar-refractivity contribution in [2.75, 3.05) is 5.32 Å². The van der Waals surface area contributed by atoms with E-state index in [4.69, 9.17) is 16.1 Å². The largest absolute Gasteiger partial charge is 0.360 e. The third-order valence-corrected chi connectivity index (χ3v) is 6.32. The Labute approximate surface area is 199 Å². The number of hydrogen-bond acceptors (Lipinski definition) is 5. The molecule has 0 unspecified atom stereocenters. The van der Waals surface area contributed by atoms with Gasteiger partial charge < -0.3 is 4.52 Å². The van der Waals surface area contributed by atoms with Crippen molar-refractivity contribution < 1.29 is 9.32 Å². The fourth-order valence-electron chi connectivity index (χ4n) is 3.56. The standard InChI is InChI=1S/C26H18ClN3O2S/c1-16-23(24(30-32-16)20-9-5-6-10-21(20)27)25(31)29-26-28-22(15-33-26)19-13-11-18(12-14-19)17-7-3-2-4-8-17/h2-15H,1H3,(H,28,29,31). The van der Waals surface area contributed by atoms with Crippen molar-refractivity contribution in [3.63, 3.8) is 0 Å². The Morgan fingerprint density at radius 3 is 2.33 bits per heavy atom. The molecule has 3 aromatic carbocycles. The second kappa shape index (κ2) is 9.02. The van der Waals surface area contributed by atoms with E-state index >= 15 is 0 Å². The van der Waals surface area contributed by atoms with Crippen molar-refractivity contribution in [2.24, 2.45) is 0 Å². The van der Waals surface area contributed by atoms with Crippen LogP contribution in [0, 0.1) is 6.92 Å². The monoisotopic (exact) mass is 471 g/mol. The molecule has 0 spiro atoms. The number of aromatic nitrogens is 2. The molecule has 5 rings (SSSR count). The van der Waals surface area contributed by atoms with E-state index in [9.17, 15) is 4.79 Å². The molecular weight excluding hydrogens is 454 g/mol. The van der Waals surface area contributed by atoms with Crippen LogP contribution in [0.3, 0.4) is 0 Å². The maximum absolute atomic E-state index is 13.1. The van der Waals surface area contributed by atoms with Crippen molar-refractivity contribution in [2.45, 2.75) is 6.92 Å². The predicted octanol–water partition coefficient (Wildman–Crippen LogP) is 7.35. The molecule has 1 amide bonds. The van der Waals surface area contributed by atoms with Gasteiger partial charge in [0.1, 0.15) is 17.0 Å². The van der Waals surface area contributed by atoms with E-state index in [1.165, 1.54) is 11.3 Å². The van der Waals surface area contributed by atoms with E-state index in [1.54, 1.807) is 19.1 Å². The van der Waals surface area contributed by atoms with Gasteiger partial charge in [0.05, 0.1) is 10.7 Å². The van der Waals surface area contributed by atoms with Crippen LogP contribution < -0.4 is 5.32 Å². The minimum Gasteiger partial charge on any atom is -0.360 e. The first kappa shape index (κ1) is 21.1. The minimum atomic E-state index is -0.344. The molecule has 0 aliphatic rings. The van der Waals surface area contributed by atoms with Crippen LogP contribution in [0.1, 0.15) is 16.1 Å². The Balaban J connectivity index is 1.36. The first-order chi connectivity index (χ1) is 16.1. The molecule has 0 saturated carbocycles. The lowest BCUT2D eigenvalue weighted by Crippen LogP contribution is -2.13. The van der Waals surface area contributed by atoms with Gasteiger partial charge >= 0.3 is 0 Å². The zero-order valence-corrected chi connectivity index (χ0v) is 19.2. The topological polar surface area (TPSA) is 68.0 Å².